The summed E-state index contributed by atoms with van der Waals surface area (Å²) in [7, 11) is 2.16. The number of piperazine rings is 1. The molecule has 41 heavy (non-hydrogen) atoms. The maximum atomic E-state index is 13.3. The van der Waals surface area contributed by atoms with E-state index in [4.69, 9.17) is 27.4 Å². The van der Waals surface area contributed by atoms with Gasteiger partial charge in [0.25, 0.3) is 5.91 Å². The van der Waals surface area contributed by atoms with E-state index >= 15 is 0 Å². The van der Waals surface area contributed by atoms with E-state index in [1.807, 2.05) is 54.6 Å². The number of ether oxygens (including phenoxy) is 2. The number of anilines is 1. The van der Waals surface area contributed by atoms with Gasteiger partial charge in [0.1, 0.15) is 17.2 Å². The highest BCUT2D eigenvalue weighted by atomic mass is 32.2. The number of primary amides is 1. The van der Waals surface area contributed by atoms with Gasteiger partial charge in [-0.05, 0) is 73.6 Å². The third kappa shape index (κ3) is 7.53. The lowest BCUT2D eigenvalue weighted by Crippen LogP contribution is -2.44. The minimum atomic E-state index is -0.487. The maximum Gasteiger partial charge on any atom is 0.270 e. The topological polar surface area (TPSA) is 88.3 Å². The van der Waals surface area contributed by atoms with Crippen molar-refractivity contribution in [3.8, 4) is 17.2 Å². The van der Waals surface area contributed by atoms with E-state index in [1.165, 1.54) is 11.8 Å². The van der Waals surface area contributed by atoms with Crippen molar-refractivity contribution in [2.24, 2.45) is 5.73 Å². The molecule has 2 N–H and O–H groups in total. The van der Waals surface area contributed by atoms with E-state index in [-0.39, 0.29) is 5.91 Å². The van der Waals surface area contributed by atoms with Crippen molar-refractivity contribution in [3.05, 3.63) is 88.8 Å². The molecule has 2 aliphatic heterocycles. The molecule has 0 bridgehead atoms. The zero-order valence-corrected chi connectivity index (χ0v) is 24.5. The Morgan fingerprint density at radius 3 is 2.34 bits per heavy atom. The Balaban J connectivity index is 1.17. The summed E-state index contributed by atoms with van der Waals surface area (Å²) in [6.07, 6.45) is 2.77. The number of likely N-dealkylation sites (N-methyl/N-ethyl adjacent to an activating group) is 1. The molecule has 212 valence electrons. The number of carbonyl (C=O) groups excluding carboxylic acids is 2. The lowest BCUT2D eigenvalue weighted by atomic mass is 10.2. The number of hydrogen-bond acceptors (Lipinski definition) is 8. The second kappa shape index (κ2) is 13.3. The van der Waals surface area contributed by atoms with Gasteiger partial charge in [-0.3, -0.25) is 14.5 Å². The van der Waals surface area contributed by atoms with Crippen molar-refractivity contribution in [2.45, 2.75) is 6.42 Å². The number of nitrogens with zero attached hydrogens (tertiary/aromatic N) is 3. The van der Waals surface area contributed by atoms with Gasteiger partial charge in [-0.2, -0.15) is 0 Å². The first-order valence-electron chi connectivity index (χ1n) is 13.5. The molecular formula is C31H32N4O4S2. The Kier molecular flexibility index (Phi) is 9.35. The van der Waals surface area contributed by atoms with Crippen LogP contribution in [0.25, 0.3) is 6.08 Å². The Bertz CT molecular complexity index is 1440. The summed E-state index contributed by atoms with van der Waals surface area (Å²) in [6.45, 7) is 6.05. The quantitative estimate of drug-likeness (QED) is 0.201. The van der Waals surface area contributed by atoms with E-state index in [2.05, 4.69) is 16.8 Å². The van der Waals surface area contributed by atoms with Crippen molar-refractivity contribution in [3.63, 3.8) is 0 Å². The zero-order valence-electron chi connectivity index (χ0n) is 22.8. The van der Waals surface area contributed by atoms with Crippen LogP contribution in [0.1, 0.15) is 22.3 Å². The Labute approximate surface area is 249 Å². The second-order valence-electron chi connectivity index (χ2n) is 9.92. The van der Waals surface area contributed by atoms with Crippen LogP contribution in [-0.4, -0.2) is 72.3 Å². The largest absolute Gasteiger partial charge is 0.493 e. The predicted octanol–water partition coefficient (Wildman–Crippen LogP) is 5.00. The molecule has 3 aromatic rings. The second-order valence-corrected chi connectivity index (χ2v) is 11.6. The predicted molar refractivity (Wildman–Crippen MR) is 168 cm³/mol. The first-order chi connectivity index (χ1) is 19.9. The van der Waals surface area contributed by atoms with E-state index < -0.39 is 5.91 Å². The van der Waals surface area contributed by atoms with Crippen molar-refractivity contribution in [2.75, 3.05) is 51.3 Å². The van der Waals surface area contributed by atoms with Crippen molar-refractivity contribution in [1.29, 1.82) is 0 Å². The molecule has 0 atom stereocenters. The smallest absolute Gasteiger partial charge is 0.270 e. The molecule has 2 fully saturated rings. The summed E-state index contributed by atoms with van der Waals surface area (Å²) < 4.78 is 12.3. The highest BCUT2D eigenvalue weighted by Gasteiger charge is 2.33. The Morgan fingerprint density at radius 1 is 0.976 bits per heavy atom. The molecule has 0 radical (unpaired) electrons. The van der Waals surface area contributed by atoms with E-state index in [0.717, 1.165) is 50.5 Å². The van der Waals surface area contributed by atoms with Crippen LogP contribution in [0.5, 0.6) is 17.2 Å². The van der Waals surface area contributed by atoms with Crippen LogP contribution in [-0.2, 0) is 4.79 Å². The zero-order chi connectivity index (χ0) is 28.8. The molecule has 0 aliphatic carbocycles. The van der Waals surface area contributed by atoms with Gasteiger partial charge in [0.2, 0.25) is 5.91 Å². The van der Waals surface area contributed by atoms with Crippen LogP contribution in [0.15, 0.2) is 77.7 Å². The highest BCUT2D eigenvalue weighted by molar-refractivity contribution is 8.27. The molecule has 3 aromatic carbocycles. The summed E-state index contributed by atoms with van der Waals surface area (Å²) in [4.78, 5) is 31.5. The monoisotopic (exact) mass is 588 g/mol. The fourth-order valence-corrected chi connectivity index (χ4v) is 5.86. The van der Waals surface area contributed by atoms with Crippen molar-refractivity contribution < 1.29 is 19.1 Å². The van der Waals surface area contributed by atoms with Crippen LogP contribution in [0.4, 0.5) is 5.69 Å². The van der Waals surface area contributed by atoms with Crippen LogP contribution in [0, 0.1) is 0 Å². The number of rotatable bonds is 10. The minimum Gasteiger partial charge on any atom is -0.493 e. The van der Waals surface area contributed by atoms with Gasteiger partial charge in [-0.1, -0.05) is 42.2 Å². The van der Waals surface area contributed by atoms with Crippen molar-refractivity contribution in [1.82, 2.24) is 9.80 Å². The maximum absolute atomic E-state index is 13.3. The van der Waals surface area contributed by atoms with E-state index in [9.17, 15) is 9.59 Å². The van der Waals surface area contributed by atoms with Gasteiger partial charge in [0.15, 0.2) is 4.32 Å². The van der Waals surface area contributed by atoms with Crippen LogP contribution < -0.4 is 20.1 Å². The molecule has 10 heteroatoms. The minimum absolute atomic E-state index is 0.165. The van der Waals surface area contributed by atoms with Gasteiger partial charge in [-0.25, -0.2) is 0 Å². The van der Waals surface area contributed by atoms with E-state index in [0.29, 0.717) is 38.6 Å². The van der Waals surface area contributed by atoms with Crippen molar-refractivity contribution >= 4 is 51.9 Å². The fraction of sp³-hybridized carbons (Fsp3) is 0.258. The van der Waals surface area contributed by atoms with Crippen LogP contribution >= 0.6 is 24.0 Å². The molecular weight excluding hydrogens is 556 g/mol. The van der Waals surface area contributed by atoms with Crippen LogP contribution in [0.2, 0.25) is 0 Å². The lowest BCUT2D eigenvalue weighted by Gasteiger charge is -2.32. The lowest BCUT2D eigenvalue weighted by molar-refractivity contribution is -0.113. The molecule has 2 aliphatic rings. The number of thioether (sulfide) groups is 1. The normalized spacial score (nSPS) is 17.3. The SMILES string of the molecule is CN1CCN(CCCOc2cccc(N3C(=O)C(=Cc4ccc(Oc5ccc(C(N)=O)cc5)cc4)SC3=S)c2)CC1. The average molecular weight is 589 g/mol. The molecule has 5 rings (SSSR count). The molecule has 2 saturated heterocycles. The van der Waals surface area contributed by atoms with Gasteiger partial charge < -0.3 is 25.0 Å². The average Bonchev–Trinajstić information content (AvgIpc) is 3.25. The number of hydrogen-bond donors (Lipinski definition) is 1. The number of carbonyl (C=O) groups is 2. The summed E-state index contributed by atoms with van der Waals surface area (Å²) in [6, 6.07) is 21.5. The summed E-state index contributed by atoms with van der Waals surface area (Å²) >= 11 is 6.85. The Hall–Kier alpha value is -3.70. The summed E-state index contributed by atoms with van der Waals surface area (Å²) in [5, 5.41) is 0. The molecule has 0 unspecified atom stereocenters. The molecule has 2 amide bonds. The first kappa shape index (κ1) is 28.8. The van der Waals surface area contributed by atoms with Gasteiger partial charge in [-0.15, -0.1) is 0 Å². The third-order valence-corrected chi connectivity index (χ3v) is 8.21. The van der Waals surface area contributed by atoms with Crippen LogP contribution in [0.3, 0.4) is 0 Å². The summed E-state index contributed by atoms with van der Waals surface area (Å²) in [5.74, 6) is 1.28. The van der Waals surface area contributed by atoms with Gasteiger partial charge >= 0.3 is 0 Å². The van der Waals surface area contributed by atoms with E-state index in [1.54, 1.807) is 29.2 Å². The third-order valence-electron chi connectivity index (χ3n) is 6.91. The highest BCUT2D eigenvalue weighted by Crippen LogP contribution is 2.37. The summed E-state index contributed by atoms with van der Waals surface area (Å²) in [5.41, 5.74) is 7.24. The molecule has 0 spiro atoms. The molecule has 0 saturated carbocycles. The first-order valence-corrected chi connectivity index (χ1v) is 14.7. The number of nitrogens with two attached hydrogens (primary N) is 1. The standard InChI is InChI=1S/C31H32N4O4S2/c1-33-15-17-34(18-16-33)14-3-19-38-27-5-2-4-24(21-27)35-30(37)28(41-31(35)40)20-22-6-10-25(11-7-22)39-26-12-8-23(9-13-26)29(32)36/h2,4-13,20-21H,3,14-19H2,1H3,(H2,32,36). The number of amides is 2. The Morgan fingerprint density at radius 2 is 1.66 bits per heavy atom. The molecule has 8 nitrogen and oxygen atoms in total. The fourth-order valence-electron chi connectivity index (χ4n) is 4.56. The molecule has 2 heterocycles. The van der Waals surface area contributed by atoms with Gasteiger partial charge in [0.05, 0.1) is 17.2 Å². The number of thiocarbonyl (C=S) groups is 1. The number of benzene rings is 3. The molecule has 0 aromatic heterocycles. The van der Waals surface area contributed by atoms with Gasteiger partial charge in [0, 0.05) is 44.4 Å².